The highest BCUT2D eigenvalue weighted by molar-refractivity contribution is 5.90. The summed E-state index contributed by atoms with van der Waals surface area (Å²) < 4.78 is 7.46. The summed E-state index contributed by atoms with van der Waals surface area (Å²) in [6, 6.07) is 9.87. The Hall–Kier alpha value is -2.89. The number of aryl methyl sites for hydroxylation is 3. The Morgan fingerprint density at radius 2 is 2.00 bits per heavy atom. The molecule has 3 rings (SSSR count). The number of carbonyl (C=O) groups is 1. The molecule has 1 N–H and O–H groups in total. The topological polar surface area (TPSA) is 73.0 Å². The normalized spacial score (nSPS) is 10.9. The molecule has 0 saturated heterocycles. The monoisotopic (exact) mass is 338 g/mol. The number of hydrogen-bond donors (Lipinski definition) is 1. The van der Waals surface area contributed by atoms with E-state index in [-0.39, 0.29) is 12.5 Å². The van der Waals surface area contributed by atoms with E-state index >= 15 is 0 Å². The third kappa shape index (κ3) is 3.63. The van der Waals surface area contributed by atoms with Gasteiger partial charge in [-0.25, -0.2) is 0 Å². The van der Waals surface area contributed by atoms with Crippen molar-refractivity contribution in [3.05, 3.63) is 53.2 Å². The highest BCUT2D eigenvalue weighted by Gasteiger charge is 2.17. The molecule has 0 aliphatic heterocycles. The van der Waals surface area contributed by atoms with Gasteiger partial charge in [0.25, 0.3) is 0 Å². The summed E-state index contributed by atoms with van der Waals surface area (Å²) in [6.45, 7) is 8.00. The zero-order chi connectivity index (χ0) is 18.0. The molecule has 0 spiro atoms. The van der Waals surface area contributed by atoms with E-state index in [1.54, 1.807) is 6.92 Å². The Kier molecular flexibility index (Phi) is 4.70. The van der Waals surface area contributed by atoms with Crippen LogP contribution in [0.3, 0.4) is 0 Å². The van der Waals surface area contributed by atoms with Crippen LogP contribution in [0.2, 0.25) is 0 Å². The molecule has 1 amide bonds. The summed E-state index contributed by atoms with van der Waals surface area (Å²) in [7, 11) is 0. The average Bonchev–Trinajstić information content (AvgIpc) is 3.13. The first kappa shape index (κ1) is 17.0. The molecule has 0 unspecified atom stereocenters. The van der Waals surface area contributed by atoms with Gasteiger partial charge in [-0.1, -0.05) is 19.1 Å². The molecule has 0 fully saturated rings. The van der Waals surface area contributed by atoms with Gasteiger partial charge in [-0.05, 0) is 44.0 Å². The number of aromatic nitrogens is 3. The van der Waals surface area contributed by atoms with Crippen LogP contribution in [0.1, 0.15) is 29.8 Å². The lowest BCUT2D eigenvalue weighted by atomic mass is 10.1. The van der Waals surface area contributed by atoms with Gasteiger partial charge in [0.2, 0.25) is 17.7 Å². The molecule has 0 saturated carbocycles. The first-order valence-corrected chi connectivity index (χ1v) is 8.34. The molecule has 6 nitrogen and oxygen atoms in total. The number of anilines is 1. The summed E-state index contributed by atoms with van der Waals surface area (Å²) >= 11 is 0. The largest absolute Gasteiger partial charge is 0.421 e. The molecule has 3 aromatic rings. The van der Waals surface area contributed by atoms with E-state index in [9.17, 15) is 4.79 Å². The van der Waals surface area contributed by atoms with Crippen molar-refractivity contribution in [1.29, 1.82) is 0 Å². The lowest BCUT2D eigenvalue weighted by molar-refractivity contribution is -0.116. The van der Waals surface area contributed by atoms with E-state index in [4.69, 9.17) is 4.42 Å². The van der Waals surface area contributed by atoms with Gasteiger partial charge in [0, 0.05) is 24.0 Å². The van der Waals surface area contributed by atoms with Crippen LogP contribution in [0.5, 0.6) is 0 Å². The van der Waals surface area contributed by atoms with Crippen LogP contribution in [-0.4, -0.2) is 20.7 Å². The van der Waals surface area contributed by atoms with Gasteiger partial charge < -0.3 is 14.3 Å². The zero-order valence-corrected chi connectivity index (χ0v) is 15.0. The van der Waals surface area contributed by atoms with E-state index in [0.29, 0.717) is 11.8 Å². The molecular weight excluding hydrogens is 316 g/mol. The Bertz CT molecular complexity index is 908. The van der Waals surface area contributed by atoms with Gasteiger partial charge in [0.15, 0.2) is 0 Å². The molecule has 0 aliphatic rings. The lowest BCUT2D eigenvalue weighted by Crippen LogP contribution is -2.20. The van der Waals surface area contributed by atoms with Crippen molar-refractivity contribution in [2.24, 2.45) is 0 Å². The SMILES string of the molecule is CCc1cccc(NC(=O)Cn2c(C)cc(-c3nnc(C)o3)c2C)c1. The van der Waals surface area contributed by atoms with Gasteiger partial charge in [-0.3, -0.25) is 4.79 Å². The number of rotatable bonds is 5. The molecule has 2 heterocycles. The number of nitrogens with one attached hydrogen (secondary N) is 1. The molecule has 0 atom stereocenters. The highest BCUT2D eigenvalue weighted by atomic mass is 16.4. The van der Waals surface area contributed by atoms with Crippen LogP contribution in [0.25, 0.3) is 11.5 Å². The Balaban J connectivity index is 1.78. The van der Waals surface area contributed by atoms with Gasteiger partial charge in [-0.15, -0.1) is 10.2 Å². The first-order valence-electron chi connectivity index (χ1n) is 8.34. The maximum atomic E-state index is 12.5. The quantitative estimate of drug-likeness (QED) is 0.770. The molecule has 0 radical (unpaired) electrons. The van der Waals surface area contributed by atoms with Crippen LogP contribution >= 0.6 is 0 Å². The van der Waals surface area contributed by atoms with Crippen molar-refractivity contribution < 1.29 is 9.21 Å². The third-order valence-electron chi connectivity index (χ3n) is 4.25. The maximum absolute atomic E-state index is 12.5. The lowest BCUT2D eigenvalue weighted by Gasteiger charge is -2.11. The smallest absolute Gasteiger partial charge is 0.249 e. The summed E-state index contributed by atoms with van der Waals surface area (Å²) in [5, 5.41) is 10.9. The van der Waals surface area contributed by atoms with Crippen molar-refractivity contribution in [1.82, 2.24) is 14.8 Å². The molecule has 0 aliphatic carbocycles. The molecule has 2 aromatic heterocycles. The molecule has 1 aromatic carbocycles. The van der Waals surface area contributed by atoms with Crippen molar-refractivity contribution in [3.8, 4) is 11.5 Å². The maximum Gasteiger partial charge on any atom is 0.249 e. The van der Waals surface area contributed by atoms with Crippen LogP contribution in [0, 0.1) is 20.8 Å². The second-order valence-corrected chi connectivity index (χ2v) is 6.10. The zero-order valence-electron chi connectivity index (χ0n) is 15.0. The number of amides is 1. The summed E-state index contributed by atoms with van der Waals surface area (Å²) in [4.78, 5) is 12.5. The minimum atomic E-state index is -0.0664. The molecule has 0 bridgehead atoms. The van der Waals surface area contributed by atoms with Crippen molar-refractivity contribution >= 4 is 11.6 Å². The minimum Gasteiger partial charge on any atom is -0.421 e. The fraction of sp³-hybridized carbons (Fsp3) is 0.316. The predicted octanol–water partition coefficient (Wildman–Crippen LogP) is 3.66. The van der Waals surface area contributed by atoms with E-state index < -0.39 is 0 Å². The van der Waals surface area contributed by atoms with E-state index in [2.05, 4.69) is 28.5 Å². The van der Waals surface area contributed by atoms with Crippen LogP contribution in [0.4, 0.5) is 5.69 Å². The standard InChI is InChI=1S/C19H22N4O2/c1-5-15-7-6-8-16(10-15)20-18(24)11-23-12(2)9-17(13(23)3)19-22-21-14(4)25-19/h6-10H,5,11H2,1-4H3,(H,20,24). The van der Waals surface area contributed by atoms with Gasteiger partial charge in [0.1, 0.15) is 6.54 Å². The second-order valence-electron chi connectivity index (χ2n) is 6.10. The predicted molar refractivity (Wildman–Crippen MR) is 96.4 cm³/mol. The summed E-state index contributed by atoms with van der Waals surface area (Å²) in [5.74, 6) is 0.935. The number of benzene rings is 1. The second kappa shape index (κ2) is 6.93. The Morgan fingerprint density at radius 1 is 1.20 bits per heavy atom. The molecule has 6 heteroatoms. The van der Waals surface area contributed by atoms with E-state index in [0.717, 1.165) is 29.1 Å². The Morgan fingerprint density at radius 3 is 2.68 bits per heavy atom. The minimum absolute atomic E-state index is 0.0664. The number of nitrogens with zero attached hydrogens (tertiary/aromatic N) is 3. The van der Waals surface area contributed by atoms with Gasteiger partial charge in [-0.2, -0.15) is 0 Å². The molecule has 130 valence electrons. The van der Waals surface area contributed by atoms with E-state index in [1.807, 2.05) is 42.7 Å². The van der Waals surface area contributed by atoms with Gasteiger partial charge >= 0.3 is 0 Å². The fourth-order valence-electron chi connectivity index (χ4n) is 2.88. The van der Waals surface area contributed by atoms with E-state index in [1.165, 1.54) is 5.56 Å². The average molecular weight is 338 g/mol. The highest BCUT2D eigenvalue weighted by Crippen LogP contribution is 2.25. The first-order chi connectivity index (χ1) is 12.0. The van der Waals surface area contributed by atoms with Crippen LogP contribution in [0.15, 0.2) is 34.7 Å². The molecule has 25 heavy (non-hydrogen) atoms. The summed E-state index contributed by atoms with van der Waals surface area (Å²) in [6.07, 6.45) is 0.937. The van der Waals surface area contributed by atoms with Crippen molar-refractivity contribution in [2.75, 3.05) is 5.32 Å². The summed E-state index contributed by atoms with van der Waals surface area (Å²) in [5.41, 5.74) is 4.78. The van der Waals surface area contributed by atoms with Gasteiger partial charge in [0.05, 0.1) is 5.56 Å². The number of hydrogen-bond acceptors (Lipinski definition) is 4. The third-order valence-corrected chi connectivity index (χ3v) is 4.25. The van der Waals surface area contributed by atoms with Crippen molar-refractivity contribution in [3.63, 3.8) is 0 Å². The number of carbonyl (C=O) groups excluding carboxylic acids is 1. The van der Waals surface area contributed by atoms with Crippen LogP contribution in [-0.2, 0) is 17.8 Å². The fourth-order valence-corrected chi connectivity index (χ4v) is 2.88. The van der Waals surface area contributed by atoms with Crippen molar-refractivity contribution in [2.45, 2.75) is 40.7 Å². The van der Waals surface area contributed by atoms with Crippen LogP contribution < -0.4 is 5.32 Å². The Labute approximate surface area is 146 Å². The molecular formula is C19H22N4O2.